The molecule has 2 saturated heterocycles. The molecule has 0 aromatic heterocycles. The largest absolute Gasteiger partial charge is 0.379 e. The van der Waals surface area contributed by atoms with Crippen LogP contribution in [-0.4, -0.2) is 88.5 Å². The molecule has 2 fully saturated rings. The summed E-state index contributed by atoms with van der Waals surface area (Å²) in [7, 11) is 0. The van der Waals surface area contributed by atoms with E-state index in [2.05, 4.69) is 44.8 Å². The van der Waals surface area contributed by atoms with Crippen LogP contribution in [0.4, 0.5) is 5.69 Å². The molecule has 0 aliphatic carbocycles. The van der Waals surface area contributed by atoms with E-state index in [9.17, 15) is 4.79 Å². The van der Waals surface area contributed by atoms with Gasteiger partial charge in [0.05, 0.1) is 12.7 Å². The maximum atomic E-state index is 12.6. The number of amides is 1. The van der Waals surface area contributed by atoms with Gasteiger partial charge < -0.3 is 29.9 Å². The lowest BCUT2D eigenvalue weighted by Gasteiger charge is -2.36. The molecule has 1 unspecified atom stereocenters. The van der Waals surface area contributed by atoms with E-state index in [-0.39, 0.29) is 12.0 Å². The molecule has 8 nitrogen and oxygen atoms in total. The summed E-state index contributed by atoms with van der Waals surface area (Å²) in [6.07, 6.45) is 3.86. The molecule has 3 rings (SSSR count). The van der Waals surface area contributed by atoms with Crippen molar-refractivity contribution in [3.63, 3.8) is 0 Å². The third kappa shape index (κ3) is 8.31. The Balaban J connectivity index is 1.28. The smallest absolute Gasteiger partial charge is 0.224 e. The van der Waals surface area contributed by atoms with Gasteiger partial charge in [-0.25, -0.2) is 0 Å². The highest BCUT2D eigenvalue weighted by Crippen LogP contribution is 2.16. The first-order valence-corrected chi connectivity index (χ1v) is 12.1. The molecule has 0 spiro atoms. The fourth-order valence-corrected chi connectivity index (χ4v) is 3.99. The summed E-state index contributed by atoms with van der Waals surface area (Å²) >= 11 is 0. The molecule has 1 aromatic carbocycles. The number of rotatable bonds is 11. The van der Waals surface area contributed by atoms with Crippen LogP contribution in [0.5, 0.6) is 0 Å². The molecule has 0 saturated carbocycles. The average Bonchev–Trinajstić information content (AvgIpc) is 3.35. The third-order valence-electron chi connectivity index (χ3n) is 5.77. The second-order valence-electron chi connectivity index (χ2n) is 8.20. The van der Waals surface area contributed by atoms with E-state index in [1.165, 1.54) is 5.69 Å². The summed E-state index contributed by atoms with van der Waals surface area (Å²) < 4.78 is 11.2. The number of benzene rings is 1. The van der Waals surface area contributed by atoms with E-state index >= 15 is 0 Å². The van der Waals surface area contributed by atoms with Gasteiger partial charge in [0.15, 0.2) is 5.96 Å². The Kier molecular flexibility index (Phi) is 10.6. The summed E-state index contributed by atoms with van der Waals surface area (Å²) in [6.45, 7) is 9.64. The Hall–Kier alpha value is -2.32. The van der Waals surface area contributed by atoms with Crippen molar-refractivity contribution in [3.05, 3.63) is 30.3 Å². The first kappa shape index (κ1) is 24.3. The number of hydrogen-bond donors (Lipinski definition) is 2. The number of para-hydroxylation sites is 1. The van der Waals surface area contributed by atoms with Gasteiger partial charge in [-0.05, 0) is 38.3 Å². The van der Waals surface area contributed by atoms with E-state index in [0.717, 1.165) is 64.6 Å². The number of piperazine rings is 1. The molecule has 2 N–H and O–H groups in total. The van der Waals surface area contributed by atoms with Gasteiger partial charge in [0.1, 0.15) is 0 Å². The van der Waals surface area contributed by atoms with Crippen LogP contribution in [0.25, 0.3) is 0 Å². The third-order valence-corrected chi connectivity index (χ3v) is 5.77. The maximum Gasteiger partial charge on any atom is 0.224 e. The fourth-order valence-electron chi connectivity index (χ4n) is 3.99. The Morgan fingerprint density at radius 1 is 1.19 bits per heavy atom. The number of guanidine groups is 1. The number of aliphatic imine (C=N–C) groups is 1. The number of anilines is 1. The van der Waals surface area contributed by atoms with E-state index in [0.29, 0.717) is 32.7 Å². The van der Waals surface area contributed by atoms with Gasteiger partial charge in [0.2, 0.25) is 5.91 Å². The second kappa shape index (κ2) is 14.0. The van der Waals surface area contributed by atoms with E-state index in [1.54, 1.807) is 0 Å². The number of carbonyl (C=O) groups excluding carboxylic acids is 1. The molecule has 2 heterocycles. The zero-order valence-electron chi connectivity index (χ0n) is 19.4. The van der Waals surface area contributed by atoms with Crippen LogP contribution in [-0.2, 0) is 14.3 Å². The topological polar surface area (TPSA) is 78.4 Å². The summed E-state index contributed by atoms with van der Waals surface area (Å²) in [6, 6.07) is 10.4. The van der Waals surface area contributed by atoms with Crippen LogP contribution in [0.2, 0.25) is 0 Å². The summed E-state index contributed by atoms with van der Waals surface area (Å²) in [5, 5.41) is 6.52. The van der Waals surface area contributed by atoms with Crippen molar-refractivity contribution in [1.29, 1.82) is 0 Å². The lowest BCUT2D eigenvalue weighted by Crippen LogP contribution is -2.49. The zero-order valence-corrected chi connectivity index (χ0v) is 19.4. The lowest BCUT2D eigenvalue weighted by atomic mass is 10.2. The fraction of sp³-hybridized carbons (Fsp3) is 0.667. The minimum absolute atomic E-state index is 0.198. The number of ether oxygens (including phenoxy) is 2. The van der Waals surface area contributed by atoms with Crippen molar-refractivity contribution in [2.45, 2.75) is 38.7 Å². The van der Waals surface area contributed by atoms with Crippen LogP contribution in [0.15, 0.2) is 35.3 Å². The van der Waals surface area contributed by atoms with Crippen LogP contribution in [0, 0.1) is 0 Å². The minimum atomic E-state index is 0.198. The van der Waals surface area contributed by atoms with Crippen molar-refractivity contribution in [1.82, 2.24) is 15.5 Å². The Labute approximate surface area is 192 Å². The average molecular weight is 446 g/mol. The van der Waals surface area contributed by atoms with E-state index in [1.807, 2.05) is 17.9 Å². The molecule has 1 atom stereocenters. The number of hydrogen-bond acceptors (Lipinski definition) is 5. The van der Waals surface area contributed by atoms with E-state index in [4.69, 9.17) is 9.47 Å². The Morgan fingerprint density at radius 3 is 2.72 bits per heavy atom. The predicted octanol–water partition coefficient (Wildman–Crippen LogP) is 1.87. The summed E-state index contributed by atoms with van der Waals surface area (Å²) in [4.78, 5) is 21.5. The van der Waals surface area contributed by atoms with Crippen molar-refractivity contribution in [2.24, 2.45) is 4.99 Å². The van der Waals surface area contributed by atoms with Crippen molar-refractivity contribution in [3.8, 4) is 0 Å². The van der Waals surface area contributed by atoms with Crippen molar-refractivity contribution in [2.75, 3.05) is 70.5 Å². The number of nitrogens with one attached hydrogen (secondary N) is 2. The highest BCUT2D eigenvalue weighted by molar-refractivity contribution is 5.81. The first-order valence-electron chi connectivity index (χ1n) is 12.1. The molecule has 0 bridgehead atoms. The van der Waals surface area contributed by atoms with Gasteiger partial charge >= 0.3 is 0 Å². The Bertz CT molecular complexity index is 686. The van der Waals surface area contributed by atoms with Gasteiger partial charge in [-0.15, -0.1) is 0 Å². The van der Waals surface area contributed by atoms with Crippen LogP contribution in [0.1, 0.15) is 32.6 Å². The molecule has 1 amide bonds. The molecule has 8 heteroatoms. The zero-order chi connectivity index (χ0) is 22.4. The number of nitrogens with zero attached hydrogens (tertiary/aromatic N) is 3. The van der Waals surface area contributed by atoms with E-state index < -0.39 is 0 Å². The highest BCUT2D eigenvalue weighted by Gasteiger charge is 2.21. The molecule has 2 aliphatic heterocycles. The van der Waals surface area contributed by atoms with Gasteiger partial charge in [0, 0.05) is 71.1 Å². The monoisotopic (exact) mass is 445 g/mol. The molecular formula is C24H39N5O3. The number of carbonyl (C=O) groups is 1. The highest BCUT2D eigenvalue weighted by atomic mass is 16.5. The predicted molar refractivity (Wildman–Crippen MR) is 128 cm³/mol. The Morgan fingerprint density at radius 2 is 2.00 bits per heavy atom. The lowest BCUT2D eigenvalue weighted by molar-refractivity contribution is -0.131. The molecule has 178 valence electrons. The van der Waals surface area contributed by atoms with Gasteiger partial charge in [-0.2, -0.15) is 0 Å². The molecular weight excluding hydrogens is 406 g/mol. The quantitative estimate of drug-likeness (QED) is 0.308. The molecule has 0 radical (unpaired) electrons. The second-order valence-corrected chi connectivity index (χ2v) is 8.20. The van der Waals surface area contributed by atoms with Crippen LogP contribution in [0.3, 0.4) is 0 Å². The minimum Gasteiger partial charge on any atom is -0.379 e. The van der Waals surface area contributed by atoms with Crippen LogP contribution < -0.4 is 15.5 Å². The first-order chi connectivity index (χ1) is 15.8. The molecule has 2 aliphatic rings. The maximum absolute atomic E-state index is 12.6. The molecule has 32 heavy (non-hydrogen) atoms. The summed E-state index contributed by atoms with van der Waals surface area (Å²) in [5.41, 5.74) is 1.23. The van der Waals surface area contributed by atoms with Crippen molar-refractivity contribution < 1.29 is 14.3 Å². The SMILES string of the molecule is CCNC(=NCCCOCC1CCCO1)NCCC(=O)N1CCN(c2ccccc2)CC1. The van der Waals surface area contributed by atoms with Gasteiger partial charge in [-0.1, -0.05) is 18.2 Å². The van der Waals surface area contributed by atoms with Crippen molar-refractivity contribution >= 4 is 17.6 Å². The standard InChI is InChI=1S/C24H39N5O3/c1-2-25-24(26-12-7-18-31-20-22-10-6-19-32-22)27-13-11-23(30)29-16-14-28(15-17-29)21-8-4-3-5-9-21/h3-5,8-9,22H,2,6-7,10-20H2,1H3,(H2,25,26,27). The summed E-state index contributed by atoms with van der Waals surface area (Å²) in [5.74, 6) is 0.955. The van der Waals surface area contributed by atoms with Gasteiger partial charge in [0.25, 0.3) is 0 Å². The van der Waals surface area contributed by atoms with Gasteiger partial charge in [-0.3, -0.25) is 9.79 Å². The normalized spacial score (nSPS) is 19.3. The molecule has 1 aromatic rings. The van der Waals surface area contributed by atoms with Crippen LogP contribution >= 0.6 is 0 Å².